The molecule has 4 nitrogen and oxygen atoms in total. The molecule has 0 saturated carbocycles. The van der Waals surface area contributed by atoms with Crippen molar-refractivity contribution in [2.24, 2.45) is 5.92 Å². The van der Waals surface area contributed by atoms with Crippen molar-refractivity contribution < 1.29 is 15.3 Å². The number of rotatable bonds is 5. The Labute approximate surface area is 95.6 Å². The number of phenolic OH excluding ortho intramolecular Hbond substituents is 2. The highest BCUT2D eigenvalue weighted by molar-refractivity contribution is 5.40. The van der Waals surface area contributed by atoms with Crippen molar-refractivity contribution in [3.8, 4) is 11.5 Å². The zero-order valence-corrected chi connectivity index (χ0v) is 9.64. The molecule has 90 valence electrons. The van der Waals surface area contributed by atoms with Crippen LogP contribution in [0.4, 0.5) is 0 Å². The van der Waals surface area contributed by atoms with Crippen molar-refractivity contribution in [2.75, 3.05) is 6.61 Å². The molecular formula is C12H19NO3. The van der Waals surface area contributed by atoms with Gasteiger partial charge in [-0.3, -0.25) is 0 Å². The quantitative estimate of drug-likeness (QED) is 0.568. The Hall–Kier alpha value is -1.26. The zero-order chi connectivity index (χ0) is 12.1. The highest BCUT2D eigenvalue weighted by atomic mass is 16.3. The summed E-state index contributed by atoms with van der Waals surface area (Å²) in [5.41, 5.74) is 0.870. The first kappa shape index (κ1) is 12.8. The van der Waals surface area contributed by atoms with Gasteiger partial charge in [-0.15, -0.1) is 0 Å². The fraction of sp³-hybridized carbons (Fsp3) is 0.500. The van der Waals surface area contributed by atoms with Crippen molar-refractivity contribution in [1.82, 2.24) is 5.32 Å². The van der Waals surface area contributed by atoms with Crippen LogP contribution in [-0.4, -0.2) is 28.0 Å². The molecule has 0 aliphatic rings. The zero-order valence-electron chi connectivity index (χ0n) is 9.64. The Morgan fingerprint density at radius 2 is 1.88 bits per heavy atom. The Morgan fingerprint density at radius 3 is 2.38 bits per heavy atom. The van der Waals surface area contributed by atoms with E-state index in [1.54, 1.807) is 6.07 Å². The fourth-order valence-corrected chi connectivity index (χ4v) is 1.44. The number of hydrogen-bond donors (Lipinski definition) is 4. The van der Waals surface area contributed by atoms with Crippen LogP contribution in [0.25, 0.3) is 0 Å². The van der Waals surface area contributed by atoms with E-state index in [4.69, 9.17) is 10.2 Å². The molecule has 0 aliphatic heterocycles. The van der Waals surface area contributed by atoms with Gasteiger partial charge in [0.1, 0.15) is 0 Å². The van der Waals surface area contributed by atoms with Crippen LogP contribution in [0, 0.1) is 5.92 Å². The standard InChI is InChI=1S/C12H19NO3/c1-8(2)10(7-14)13-6-9-3-4-11(15)12(16)5-9/h3-5,8,10,13-16H,6-7H2,1-2H3/t10-/m1/s1. The lowest BCUT2D eigenvalue weighted by Crippen LogP contribution is -2.36. The maximum atomic E-state index is 9.30. The maximum Gasteiger partial charge on any atom is 0.157 e. The second kappa shape index (κ2) is 5.72. The van der Waals surface area contributed by atoms with E-state index in [-0.39, 0.29) is 24.1 Å². The Kier molecular flexibility index (Phi) is 4.58. The van der Waals surface area contributed by atoms with E-state index in [1.165, 1.54) is 12.1 Å². The van der Waals surface area contributed by atoms with E-state index in [0.29, 0.717) is 12.5 Å². The molecule has 1 aromatic carbocycles. The molecule has 0 aromatic heterocycles. The highest BCUT2D eigenvalue weighted by Gasteiger charge is 2.11. The second-order valence-corrected chi connectivity index (χ2v) is 4.24. The van der Waals surface area contributed by atoms with Gasteiger partial charge in [-0.2, -0.15) is 0 Å². The summed E-state index contributed by atoms with van der Waals surface area (Å²) < 4.78 is 0. The van der Waals surface area contributed by atoms with Gasteiger partial charge in [-0.25, -0.2) is 0 Å². The minimum atomic E-state index is -0.121. The third-order valence-corrected chi connectivity index (χ3v) is 2.61. The summed E-state index contributed by atoms with van der Waals surface area (Å²) in [6, 6.07) is 4.74. The van der Waals surface area contributed by atoms with Crippen LogP contribution in [0.15, 0.2) is 18.2 Å². The van der Waals surface area contributed by atoms with Gasteiger partial charge in [-0.05, 0) is 23.6 Å². The molecule has 0 radical (unpaired) electrons. The van der Waals surface area contributed by atoms with Gasteiger partial charge in [-0.1, -0.05) is 19.9 Å². The molecular weight excluding hydrogens is 206 g/mol. The van der Waals surface area contributed by atoms with Crippen molar-refractivity contribution in [3.63, 3.8) is 0 Å². The fourth-order valence-electron chi connectivity index (χ4n) is 1.44. The van der Waals surface area contributed by atoms with Gasteiger partial charge < -0.3 is 20.6 Å². The number of phenols is 2. The number of benzene rings is 1. The van der Waals surface area contributed by atoms with Crippen LogP contribution in [-0.2, 0) is 6.54 Å². The largest absolute Gasteiger partial charge is 0.504 e. The normalized spacial score (nSPS) is 13.0. The highest BCUT2D eigenvalue weighted by Crippen LogP contribution is 2.24. The van der Waals surface area contributed by atoms with Crippen LogP contribution in [0.1, 0.15) is 19.4 Å². The first-order valence-electron chi connectivity index (χ1n) is 5.39. The van der Waals surface area contributed by atoms with Gasteiger partial charge in [0.2, 0.25) is 0 Å². The molecule has 0 amide bonds. The van der Waals surface area contributed by atoms with E-state index in [2.05, 4.69) is 5.32 Å². The van der Waals surface area contributed by atoms with Gasteiger partial charge in [0.15, 0.2) is 11.5 Å². The SMILES string of the molecule is CC(C)[C@@H](CO)NCc1ccc(O)c(O)c1. The van der Waals surface area contributed by atoms with E-state index in [1.807, 2.05) is 13.8 Å². The number of aromatic hydroxyl groups is 2. The van der Waals surface area contributed by atoms with Crippen LogP contribution in [0.2, 0.25) is 0 Å². The van der Waals surface area contributed by atoms with E-state index >= 15 is 0 Å². The third-order valence-electron chi connectivity index (χ3n) is 2.61. The van der Waals surface area contributed by atoms with E-state index in [0.717, 1.165) is 5.56 Å². The summed E-state index contributed by atoms with van der Waals surface area (Å²) in [7, 11) is 0. The molecule has 0 saturated heterocycles. The minimum Gasteiger partial charge on any atom is -0.504 e. The molecule has 0 heterocycles. The van der Waals surface area contributed by atoms with Crippen molar-refractivity contribution in [3.05, 3.63) is 23.8 Å². The summed E-state index contributed by atoms with van der Waals surface area (Å²) in [5, 5.41) is 30.8. The van der Waals surface area contributed by atoms with Crippen LogP contribution < -0.4 is 5.32 Å². The second-order valence-electron chi connectivity index (χ2n) is 4.24. The van der Waals surface area contributed by atoms with Crippen molar-refractivity contribution in [2.45, 2.75) is 26.4 Å². The Balaban J connectivity index is 2.57. The average molecular weight is 225 g/mol. The summed E-state index contributed by atoms with van der Waals surface area (Å²) in [6.07, 6.45) is 0. The lowest BCUT2D eigenvalue weighted by Gasteiger charge is -2.20. The maximum absolute atomic E-state index is 9.30. The lowest BCUT2D eigenvalue weighted by atomic mass is 10.1. The summed E-state index contributed by atoms with van der Waals surface area (Å²) >= 11 is 0. The lowest BCUT2D eigenvalue weighted by molar-refractivity contribution is 0.210. The first-order chi connectivity index (χ1) is 7.54. The molecule has 4 heteroatoms. The van der Waals surface area contributed by atoms with Crippen molar-refractivity contribution >= 4 is 0 Å². The molecule has 0 aliphatic carbocycles. The number of nitrogens with one attached hydrogen (secondary N) is 1. The van der Waals surface area contributed by atoms with Gasteiger partial charge in [0.05, 0.1) is 6.61 Å². The van der Waals surface area contributed by atoms with Crippen LogP contribution in [0.3, 0.4) is 0 Å². The average Bonchev–Trinajstić information content (AvgIpc) is 2.23. The first-order valence-corrected chi connectivity index (χ1v) is 5.39. The summed E-state index contributed by atoms with van der Waals surface area (Å²) in [6.45, 7) is 4.70. The van der Waals surface area contributed by atoms with E-state index < -0.39 is 0 Å². The predicted octanol–water partition coefficient (Wildman–Crippen LogP) is 1.20. The topological polar surface area (TPSA) is 72.7 Å². The third kappa shape index (κ3) is 3.40. The molecule has 0 fully saturated rings. The molecule has 0 spiro atoms. The molecule has 1 rings (SSSR count). The molecule has 16 heavy (non-hydrogen) atoms. The van der Waals surface area contributed by atoms with Gasteiger partial charge in [0.25, 0.3) is 0 Å². The Morgan fingerprint density at radius 1 is 1.19 bits per heavy atom. The Bertz CT molecular complexity index is 339. The summed E-state index contributed by atoms with van der Waals surface area (Å²) in [4.78, 5) is 0. The monoisotopic (exact) mass is 225 g/mol. The molecule has 4 N–H and O–H groups in total. The molecule has 0 unspecified atom stereocenters. The number of aliphatic hydroxyl groups excluding tert-OH is 1. The van der Waals surface area contributed by atoms with Crippen LogP contribution in [0.5, 0.6) is 11.5 Å². The molecule has 0 bridgehead atoms. The predicted molar refractivity (Wildman–Crippen MR) is 62.3 cm³/mol. The number of aliphatic hydroxyl groups is 1. The minimum absolute atomic E-state index is 0.0379. The molecule has 1 aromatic rings. The van der Waals surface area contributed by atoms with Gasteiger partial charge in [0, 0.05) is 12.6 Å². The summed E-state index contributed by atoms with van der Waals surface area (Å²) in [5.74, 6) is 0.103. The smallest absolute Gasteiger partial charge is 0.157 e. The number of hydrogen-bond acceptors (Lipinski definition) is 4. The van der Waals surface area contributed by atoms with E-state index in [9.17, 15) is 5.11 Å². The van der Waals surface area contributed by atoms with Gasteiger partial charge >= 0.3 is 0 Å². The molecule has 1 atom stereocenters. The van der Waals surface area contributed by atoms with Crippen molar-refractivity contribution in [1.29, 1.82) is 0 Å². The van der Waals surface area contributed by atoms with Crippen LogP contribution >= 0.6 is 0 Å².